The van der Waals surface area contributed by atoms with Gasteiger partial charge in [-0.2, -0.15) is 15.8 Å². The molecule has 0 aromatic heterocycles. The molecule has 1 amide bonds. The number of hydrogen-bond acceptors (Lipinski definition) is 7. The first-order valence-electron chi connectivity index (χ1n) is 11.0. The van der Waals surface area contributed by atoms with Crippen molar-refractivity contribution in [2.75, 3.05) is 26.3 Å². The molecule has 1 aliphatic heterocycles. The van der Waals surface area contributed by atoms with E-state index < -0.39 is 23.2 Å². The second kappa shape index (κ2) is 9.76. The van der Waals surface area contributed by atoms with E-state index >= 15 is 0 Å². The highest BCUT2D eigenvalue weighted by atomic mass is 16.5. The Balaban J connectivity index is 2.22. The van der Waals surface area contributed by atoms with Crippen molar-refractivity contribution < 1.29 is 14.3 Å². The molecule has 0 bridgehead atoms. The molecule has 1 aromatic carbocycles. The molecule has 8 nitrogen and oxygen atoms in total. The van der Waals surface area contributed by atoms with Crippen LogP contribution in [0, 0.1) is 56.7 Å². The number of nitrogens with one attached hydrogen (secondary N) is 1. The molecule has 0 saturated heterocycles. The Kier molecular flexibility index (Phi) is 7.04. The SMILES string of the molecule is CCCOc1ccc([C@@H]2[C@H]3CN(C(C)=O)CC=C3[C@@H](C#N)C(=N)C2(C#N)C#N)cc1OCC. The van der Waals surface area contributed by atoms with Crippen LogP contribution in [-0.2, 0) is 4.79 Å². The van der Waals surface area contributed by atoms with Gasteiger partial charge in [0.2, 0.25) is 5.91 Å². The van der Waals surface area contributed by atoms with Crippen LogP contribution in [0.1, 0.15) is 38.7 Å². The van der Waals surface area contributed by atoms with Crippen LogP contribution in [0.5, 0.6) is 11.5 Å². The van der Waals surface area contributed by atoms with E-state index in [2.05, 4.69) is 18.2 Å². The van der Waals surface area contributed by atoms with E-state index in [-0.39, 0.29) is 18.2 Å². The van der Waals surface area contributed by atoms with Crippen molar-refractivity contribution in [1.82, 2.24) is 4.90 Å². The summed E-state index contributed by atoms with van der Waals surface area (Å²) in [5, 5.41) is 38.9. The summed E-state index contributed by atoms with van der Waals surface area (Å²) in [6.07, 6.45) is 2.62. The molecule has 0 spiro atoms. The molecule has 170 valence electrons. The number of benzene rings is 1. The van der Waals surface area contributed by atoms with Gasteiger partial charge in [0.25, 0.3) is 0 Å². The predicted molar refractivity (Wildman–Crippen MR) is 120 cm³/mol. The first-order chi connectivity index (χ1) is 15.9. The van der Waals surface area contributed by atoms with Gasteiger partial charge in [-0.15, -0.1) is 0 Å². The number of ether oxygens (including phenoxy) is 2. The van der Waals surface area contributed by atoms with Crippen LogP contribution in [0.25, 0.3) is 0 Å². The second-order valence-corrected chi connectivity index (χ2v) is 8.21. The Labute approximate surface area is 194 Å². The van der Waals surface area contributed by atoms with E-state index in [1.165, 1.54) is 6.92 Å². The quantitative estimate of drug-likeness (QED) is 0.665. The minimum atomic E-state index is -1.85. The molecule has 8 heteroatoms. The zero-order valence-corrected chi connectivity index (χ0v) is 19.1. The maximum absolute atomic E-state index is 12.1. The minimum absolute atomic E-state index is 0.129. The lowest BCUT2D eigenvalue weighted by atomic mass is 9.54. The first kappa shape index (κ1) is 23.8. The van der Waals surface area contributed by atoms with Crippen molar-refractivity contribution in [3.8, 4) is 29.7 Å². The van der Waals surface area contributed by atoms with Crippen molar-refractivity contribution in [2.24, 2.45) is 17.3 Å². The molecule has 0 radical (unpaired) electrons. The highest BCUT2D eigenvalue weighted by Gasteiger charge is 2.58. The third-order valence-electron chi connectivity index (χ3n) is 6.32. The molecule has 0 unspecified atom stereocenters. The Morgan fingerprint density at radius 3 is 2.52 bits per heavy atom. The number of carbonyl (C=O) groups excluding carboxylic acids is 1. The summed E-state index contributed by atoms with van der Waals surface area (Å²) in [5.74, 6) is -1.26. The van der Waals surface area contributed by atoms with Crippen LogP contribution in [0.4, 0.5) is 0 Å². The monoisotopic (exact) mass is 445 g/mol. The molecule has 3 rings (SSSR count). The molecule has 1 aliphatic carbocycles. The lowest BCUT2D eigenvalue weighted by molar-refractivity contribution is -0.129. The fourth-order valence-corrected chi connectivity index (χ4v) is 4.76. The normalized spacial score (nSPS) is 23.3. The number of nitriles is 3. The van der Waals surface area contributed by atoms with E-state index in [1.807, 2.05) is 13.8 Å². The molecule has 1 fully saturated rings. The van der Waals surface area contributed by atoms with Crippen molar-refractivity contribution in [3.05, 3.63) is 35.4 Å². The van der Waals surface area contributed by atoms with Gasteiger partial charge in [-0.1, -0.05) is 19.1 Å². The van der Waals surface area contributed by atoms with Crippen LogP contribution in [0.2, 0.25) is 0 Å². The molecule has 1 N–H and O–H groups in total. The molecule has 33 heavy (non-hydrogen) atoms. The average Bonchev–Trinajstić information content (AvgIpc) is 2.82. The van der Waals surface area contributed by atoms with E-state index in [1.54, 1.807) is 29.2 Å². The Hall–Kier alpha value is -3.83. The molecular weight excluding hydrogens is 418 g/mol. The summed E-state index contributed by atoms with van der Waals surface area (Å²) in [6, 6.07) is 11.5. The second-order valence-electron chi connectivity index (χ2n) is 8.21. The van der Waals surface area contributed by atoms with E-state index in [4.69, 9.17) is 14.9 Å². The number of fused-ring (bicyclic) bond motifs is 1. The number of hydrogen-bond donors (Lipinski definition) is 1. The van der Waals surface area contributed by atoms with Crippen molar-refractivity contribution in [1.29, 1.82) is 21.2 Å². The summed E-state index contributed by atoms with van der Waals surface area (Å²) in [6.45, 7) is 6.83. The van der Waals surface area contributed by atoms with Crippen LogP contribution in [0.3, 0.4) is 0 Å². The fraction of sp³-hybridized carbons (Fsp3) is 0.480. The maximum Gasteiger partial charge on any atom is 0.219 e. The van der Waals surface area contributed by atoms with Crippen molar-refractivity contribution >= 4 is 11.6 Å². The molecular formula is C25H27N5O3. The lowest BCUT2D eigenvalue weighted by Crippen LogP contribution is -2.53. The minimum Gasteiger partial charge on any atom is -0.490 e. The molecule has 2 aliphatic rings. The van der Waals surface area contributed by atoms with Gasteiger partial charge >= 0.3 is 0 Å². The molecule has 3 atom stereocenters. The highest BCUT2D eigenvalue weighted by molar-refractivity contribution is 6.01. The molecule has 1 saturated carbocycles. The van der Waals surface area contributed by atoms with Crippen LogP contribution in [-0.4, -0.2) is 42.8 Å². The van der Waals surface area contributed by atoms with Crippen molar-refractivity contribution in [3.63, 3.8) is 0 Å². The van der Waals surface area contributed by atoms with Gasteiger partial charge in [-0.05, 0) is 36.6 Å². The molecule has 1 aromatic rings. The van der Waals surface area contributed by atoms with E-state index in [9.17, 15) is 20.6 Å². The van der Waals surface area contributed by atoms with Gasteiger partial charge in [0, 0.05) is 31.8 Å². The van der Waals surface area contributed by atoms with Gasteiger partial charge in [-0.3, -0.25) is 4.79 Å². The van der Waals surface area contributed by atoms with Gasteiger partial charge in [-0.25, -0.2) is 0 Å². The first-order valence-corrected chi connectivity index (χ1v) is 11.0. The number of rotatable bonds is 6. The zero-order valence-electron chi connectivity index (χ0n) is 19.1. The van der Waals surface area contributed by atoms with Crippen LogP contribution in [0.15, 0.2) is 29.8 Å². The zero-order chi connectivity index (χ0) is 24.2. The average molecular weight is 446 g/mol. The summed E-state index contributed by atoms with van der Waals surface area (Å²) >= 11 is 0. The Morgan fingerprint density at radius 1 is 1.21 bits per heavy atom. The third-order valence-corrected chi connectivity index (χ3v) is 6.32. The smallest absolute Gasteiger partial charge is 0.219 e. The summed E-state index contributed by atoms with van der Waals surface area (Å²) < 4.78 is 11.6. The number of nitrogens with zero attached hydrogens (tertiary/aromatic N) is 4. The van der Waals surface area contributed by atoms with E-state index in [0.29, 0.717) is 42.4 Å². The van der Waals surface area contributed by atoms with Gasteiger partial charge < -0.3 is 19.8 Å². The summed E-state index contributed by atoms with van der Waals surface area (Å²) in [7, 11) is 0. The number of carbonyl (C=O) groups is 1. The Bertz CT molecular complexity index is 1090. The van der Waals surface area contributed by atoms with Crippen LogP contribution < -0.4 is 9.47 Å². The topological polar surface area (TPSA) is 134 Å². The van der Waals surface area contributed by atoms with Crippen molar-refractivity contribution in [2.45, 2.75) is 33.1 Å². The van der Waals surface area contributed by atoms with Crippen LogP contribution >= 0.6 is 0 Å². The number of amides is 1. The Morgan fingerprint density at radius 2 is 1.94 bits per heavy atom. The van der Waals surface area contributed by atoms with Gasteiger partial charge in [0.05, 0.1) is 37.1 Å². The lowest BCUT2D eigenvalue weighted by Gasteiger charge is -2.47. The van der Waals surface area contributed by atoms with Gasteiger partial charge in [0.15, 0.2) is 16.9 Å². The van der Waals surface area contributed by atoms with Gasteiger partial charge in [0.1, 0.15) is 5.92 Å². The molecule has 1 heterocycles. The predicted octanol–water partition coefficient (Wildman–Crippen LogP) is 3.57. The highest BCUT2D eigenvalue weighted by Crippen LogP contribution is 2.54. The largest absolute Gasteiger partial charge is 0.490 e. The standard InChI is InChI=1S/C25H27N5O3/c1-4-10-33-21-7-6-17(11-22(21)32-5-2)23-20-13-30(16(3)31)9-8-18(20)19(12-26)24(29)25(23,14-27)15-28/h6-8,11,19-20,23,29H,4-5,9-10,13H2,1-3H3/t19-,20+,23-/m1/s1. The van der Waals surface area contributed by atoms with E-state index in [0.717, 1.165) is 6.42 Å². The third kappa shape index (κ3) is 4.03. The fourth-order valence-electron chi connectivity index (χ4n) is 4.76. The summed E-state index contributed by atoms with van der Waals surface area (Å²) in [5.41, 5.74) is -0.747. The summed E-state index contributed by atoms with van der Waals surface area (Å²) in [4.78, 5) is 13.8. The maximum atomic E-state index is 12.1.